The lowest BCUT2D eigenvalue weighted by molar-refractivity contribution is 0.175. The van der Waals surface area contributed by atoms with Gasteiger partial charge in [-0.2, -0.15) is 0 Å². The van der Waals surface area contributed by atoms with Gasteiger partial charge in [-0.05, 0) is 54.2 Å². The van der Waals surface area contributed by atoms with Gasteiger partial charge in [0, 0.05) is 30.4 Å². The van der Waals surface area contributed by atoms with Gasteiger partial charge in [0.25, 0.3) is 0 Å². The SMILES string of the molecule is COCCN(Cc1ccc(OC)cc1)C(=S)Nc1ccc(Br)cc1. The van der Waals surface area contributed by atoms with Crippen LogP contribution < -0.4 is 10.1 Å². The van der Waals surface area contributed by atoms with Crippen molar-refractivity contribution in [2.45, 2.75) is 6.54 Å². The molecule has 0 aliphatic carbocycles. The minimum absolute atomic E-state index is 0.609. The average Bonchev–Trinajstić information content (AvgIpc) is 2.61. The van der Waals surface area contributed by atoms with Crippen LogP contribution in [0.3, 0.4) is 0 Å². The van der Waals surface area contributed by atoms with Crippen LogP contribution in [-0.2, 0) is 11.3 Å². The maximum Gasteiger partial charge on any atom is 0.173 e. The number of hydrogen-bond donors (Lipinski definition) is 1. The molecule has 0 aliphatic rings. The number of benzene rings is 2. The van der Waals surface area contributed by atoms with Crippen LogP contribution in [-0.4, -0.2) is 37.4 Å². The largest absolute Gasteiger partial charge is 0.497 e. The highest BCUT2D eigenvalue weighted by Gasteiger charge is 2.11. The third kappa shape index (κ3) is 5.78. The molecule has 0 spiro atoms. The zero-order valence-corrected chi connectivity index (χ0v) is 16.2. The van der Waals surface area contributed by atoms with Gasteiger partial charge < -0.3 is 19.7 Å². The minimum Gasteiger partial charge on any atom is -0.497 e. The Labute approximate surface area is 156 Å². The standard InChI is InChI=1S/C18H21BrN2O2S/c1-22-12-11-21(13-14-3-9-17(23-2)10-4-14)18(24)20-16-7-5-15(19)6-8-16/h3-10H,11-13H2,1-2H3,(H,20,24). The fourth-order valence-electron chi connectivity index (χ4n) is 2.14. The minimum atomic E-state index is 0.609. The molecule has 0 bridgehead atoms. The van der Waals surface area contributed by atoms with Crippen molar-refractivity contribution in [3.63, 3.8) is 0 Å². The third-order valence-electron chi connectivity index (χ3n) is 3.48. The van der Waals surface area contributed by atoms with E-state index in [2.05, 4.69) is 26.1 Å². The number of thiocarbonyl (C=S) groups is 1. The highest BCUT2D eigenvalue weighted by molar-refractivity contribution is 9.10. The van der Waals surface area contributed by atoms with E-state index in [-0.39, 0.29) is 0 Å². The van der Waals surface area contributed by atoms with Gasteiger partial charge in [-0.3, -0.25) is 0 Å². The molecular formula is C18H21BrN2O2S. The van der Waals surface area contributed by atoms with E-state index in [1.807, 2.05) is 48.5 Å². The lowest BCUT2D eigenvalue weighted by Gasteiger charge is -2.26. The summed E-state index contributed by atoms with van der Waals surface area (Å²) in [5, 5.41) is 3.95. The molecule has 128 valence electrons. The summed E-state index contributed by atoms with van der Waals surface area (Å²) in [7, 11) is 3.36. The molecule has 0 amide bonds. The molecule has 2 aromatic carbocycles. The second-order valence-electron chi connectivity index (χ2n) is 5.20. The van der Waals surface area contributed by atoms with Crippen molar-refractivity contribution in [1.82, 2.24) is 4.90 Å². The van der Waals surface area contributed by atoms with Crippen LogP contribution in [0.4, 0.5) is 5.69 Å². The Hall–Kier alpha value is -1.63. The Kier molecular flexibility index (Phi) is 7.49. The number of halogens is 1. The van der Waals surface area contributed by atoms with Crippen molar-refractivity contribution in [3.05, 3.63) is 58.6 Å². The fraction of sp³-hybridized carbons (Fsp3) is 0.278. The number of nitrogens with one attached hydrogen (secondary N) is 1. The van der Waals surface area contributed by atoms with Gasteiger partial charge in [-0.25, -0.2) is 0 Å². The zero-order valence-electron chi connectivity index (χ0n) is 13.8. The smallest absolute Gasteiger partial charge is 0.173 e. The second kappa shape index (κ2) is 9.61. The van der Waals surface area contributed by atoms with E-state index in [0.29, 0.717) is 24.8 Å². The van der Waals surface area contributed by atoms with Gasteiger partial charge in [0.2, 0.25) is 0 Å². The summed E-state index contributed by atoms with van der Waals surface area (Å²) in [5.74, 6) is 0.845. The lowest BCUT2D eigenvalue weighted by Crippen LogP contribution is -2.36. The van der Waals surface area contributed by atoms with E-state index in [9.17, 15) is 0 Å². The number of methoxy groups -OCH3 is 2. The molecule has 0 aromatic heterocycles. The first kappa shape index (κ1) is 18.7. The van der Waals surface area contributed by atoms with Crippen LogP contribution in [0.1, 0.15) is 5.56 Å². The summed E-state index contributed by atoms with van der Waals surface area (Å²) in [5.41, 5.74) is 2.12. The number of anilines is 1. The lowest BCUT2D eigenvalue weighted by atomic mass is 10.2. The van der Waals surface area contributed by atoms with E-state index in [1.54, 1.807) is 14.2 Å². The topological polar surface area (TPSA) is 33.7 Å². The van der Waals surface area contributed by atoms with Crippen LogP contribution in [0.2, 0.25) is 0 Å². The van der Waals surface area contributed by atoms with E-state index in [0.717, 1.165) is 21.5 Å². The maximum absolute atomic E-state index is 5.57. The number of hydrogen-bond acceptors (Lipinski definition) is 3. The Bertz CT molecular complexity index is 647. The van der Waals surface area contributed by atoms with Crippen LogP contribution in [0.15, 0.2) is 53.0 Å². The molecule has 0 saturated carbocycles. The van der Waals surface area contributed by atoms with Crippen LogP contribution in [0, 0.1) is 0 Å². The van der Waals surface area contributed by atoms with Crippen molar-refractivity contribution in [3.8, 4) is 5.75 Å². The quantitative estimate of drug-likeness (QED) is 0.690. The summed E-state index contributed by atoms with van der Waals surface area (Å²) >= 11 is 9.01. The van der Waals surface area contributed by atoms with E-state index >= 15 is 0 Å². The summed E-state index contributed by atoms with van der Waals surface area (Å²) in [6.07, 6.45) is 0. The first-order chi connectivity index (χ1) is 11.6. The monoisotopic (exact) mass is 408 g/mol. The van der Waals surface area contributed by atoms with Gasteiger partial charge >= 0.3 is 0 Å². The molecule has 1 N–H and O–H groups in total. The zero-order chi connectivity index (χ0) is 17.4. The van der Waals surface area contributed by atoms with E-state index in [1.165, 1.54) is 0 Å². The fourth-order valence-corrected chi connectivity index (χ4v) is 2.68. The summed E-state index contributed by atoms with van der Waals surface area (Å²) in [4.78, 5) is 2.09. The Morgan fingerprint density at radius 3 is 2.33 bits per heavy atom. The molecule has 0 heterocycles. The molecule has 4 nitrogen and oxygen atoms in total. The molecule has 2 aromatic rings. The number of ether oxygens (including phenoxy) is 2. The van der Waals surface area contributed by atoms with Gasteiger partial charge in [-0.1, -0.05) is 28.1 Å². The third-order valence-corrected chi connectivity index (χ3v) is 4.37. The highest BCUT2D eigenvalue weighted by atomic mass is 79.9. The average molecular weight is 409 g/mol. The van der Waals surface area contributed by atoms with Crippen molar-refractivity contribution in [2.75, 3.05) is 32.7 Å². The molecule has 2 rings (SSSR count). The first-order valence-electron chi connectivity index (χ1n) is 7.55. The van der Waals surface area contributed by atoms with Crippen LogP contribution in [0.5, 0.6) is 5.75 Å². The summed E-state index contributed by atoms with van der Waals surface area (Å²) in [6, 6.07) is 15.9. The molecule has 0 radical (unpaired) electrons. The number of nitrogens with zero attached hydrogens (tertiary/aromatic N) is 1. The molecular weight excluding hydrogens is 388 g/mol. The second-order valence-corrected chi connectivity index (χ2v) is 6.50. The Balaban J connectivity index is 2.04. The van der Waals surface area contributed by atoms with Gasteiger partial charge in [0.05, 0.1) is 13.7 Å². The molecule has 24 heavy (non-hydrogen) atoms. The van der Waals surface area contributed by atoms with E-state index < -0.39 is 0 Å². The van der Waals surface area contributed by atoms with Crippen molar-refractivity contribution in [2.24, 2.45) is 0 Å². The summed E-state index contributed by atoms with van der Waals surface area (Å²) in [6.45, 7) is 2.03. The normalized spacial score (nSPS) is 10.3. The highest BCUT2D eigenvalue weighted by Crippen LogP contribution is 2.16. The maximum atomic E-state index is 5.57. The van der Waals surface area contributed by atoms with Crippen LogP contribution >= 0.6 is 28.1 Å². The van der Waals surface area contributed by atoms with Gasteiger partial charge in [-0.15, -0.1) is 0 Å². The molecule has 0 fully saturated rings. The first-order valence-corrected chi connectivity index (χ1v) is 8.76. The number of rotatable bonds is 7. The molecule has 0 atom stereocenters. The van der Waals surface area contributed by atoms with Crippen molar-refractivity contribution in [1.29, 1.82) is 0 Å². The van der Waals surface area contributed by atoms with Crippen LogP contribution in [0.25, 0.3) is 0 Å². The molecule has 0 unspecified atom stereocenters. The van der Waals surface area contributed by atoms with Gasteiger partial charge in [0.15, 0.2) is 5.11 Å². The predicted octanol–water partition coefficient (Wildman–Crippen LogP) is 4.30. The molecule has 0 aliphatic heterocycles. The van der Waals surface area contributed by atoms with E-state index in [4.69, 9.17) is 21.7 Å². The molecule has 0 saturated heterocycles. The Morgan fingerprint density at radius 2 is 1.75 bits per heavy atom. The van der Waals surface area contributed by atoms with Crippen molar-refractivity contribution >= 4 is 38.9 Å². The Morgan fingerprint density at radius 1 is 1.08 bits per heavy atom. The van der Waals surface area contributed by atoms with Crippen molar-refractivity contribution < 1.29 is 9.47 Å². The van der Waals surface area contributed by atoms with Gasteiger partial charge in [0.1, 0.15) is 5.75 Å². The molecule has 6 heteroatoms. The summed E-state index contributed by atoms with van der Waals surface area (Å²) < 4.78 is 11.4. The predicted molar refractivity (Wildman–Crippen MR) is 106 cm³/mol.